The summed E-state index contributed by atoms with van der Waals surface area (Å²) in [4.78, 5) is 0. The van der Waals surface area contributed by atoms with E-state index in [0.717, 1.165) is 6.54 Å². The van der Waals surface area contributed by atoms with E-state index in [1.54, 1.807) is 0 Å². The van der Waals surface area contributed by atoms with Gasteiger partial charge in [-0.3, -0.25) is 0 Å². The summed E-state index contributed by atoms with van der Waals surface area (Å²) in [7, 11) is 0. The molecule has 0 fully saturated rings. The number of hydrogen-bond donors (Lipinski definition) is 1. The molecule has 0 saturated heterocycles. The number of benzene rings is 1. The lowest BCUT2D eigenvalue weighted by molar-refractivity contribution is 0.223. The molecule has 0 aliphatic carbocycles. The molecule has 0 aliphatic heterocycles. The van der Waals surface area contributed by atoms with Crippen LogP contribution in [0.3, 0.4) is 0 Å². The lowest BCUT2D eigenvalue weighted by atomic mass is 9.77. The molecule has 1 N–H and O–H groups in total. The highest BCUT2D eigenvalue weighted by Crippen LogP contribution is 2.36. The molecular weight excluding hydrogens is 274 g/mol. The molecule has 0 amide bonds. The van der Waals surface area contributed by atoms with E-state index in [1.807, 2.05) is 11.3 Å². The Labute approximate surface area is 133 Å². The van der Waals surface area contributed by atoms with Gasteiger partial charge < -0.3 is 5.32 Å². The Morgan fingerprint density at radius 1 is 1.19 bits per heavy atom. The van der Waals surface area contributed by atoms with Crippen LogP contribution in [-0.2, 0) is 0 Å². The molecule has 2 atom stereocenters. The molecule has 1 aromatic heterocycles. The zero-order chi connectivity index (χ0) is 15.5. The fraction of sp³-hybridized carbons (Fsp3) is 0.579. The Morgan fingerprint density at radius 3 is 2.62 bits per heavy atom. The molecule has 0 saturated carbocycles. The molecule has 2 rings (SSSR count). The van der Waals surface area contributed by atoms with Gasteiger partial charge in [0.1, 0.15) is 0 Å². The van der Waals surface area contributed by atoms with E-state index in [1.165, 1.54) is 28.5 Å². The van der Waals surface area contributed by atoms with Crippen molar-refractivity contribution in [1.82, 2.24) is 5.32 Å². The van der Waals surface area contributed by atoms with E-state index in [2.05, 4.69) is 69.6 Å². The van der Waals surface area contributed by atoms with Gasteiger partial charge in [-0.2, -0.15) is 0 Å². The minimum Gasteiger partial charge on any atom is -0.310 e. The Hall–Kier alpha value is -0.860. The van der Waals surface area contributed by atoms with Gasteiger partial charge in [-0.25, -0.2) is 0 Å². The average Bonchev–Trinajstić information content (AvgIpc) is 2.90. The van der Waals surface area contributed by atoms with Crippen LogP contribution in [0.5, 0.6) is 0 Å². The largest absolute Gasteiger partial charge is 0.310 e. The van der Waals surface area contributed by atoms with Crippen LogP contribution in [0.1, 0.15) is 59.1 Å². The second-order valence-electron chi connectivity index (χ2n) is 7.20. The predicted octanol–water partition coefficient (Wildman–Crippen LogP) is 6.01. The number of hydrogen-bond acceptors (Lipinski definition) is 2. The fourth-order valence-corrected chi connectivity index (χ4v) is 3.61. The quantitative estimate of drug-likeness (QED) is 0.688. The van der Waals surface area contributed by atoms with Gasteiger partial charge in [0, 0.05) is 10.7 Å². The van der Waals surface area contributed by atoms with Crippen LogP contribution < -0.4 is 5.32 Å². The highest BCUT2D eigenvalue weighted by molar-refractivity contribution is 7.17. The van der Waals surface area contributed by atoms with E-state index in [9.17, 15) is 0 Å². The van der Waals surface area contributed by atoms with Crippen molar-refractivity contribution < 1.29 is 0 Å². The van der Waals surface area contributed by atoms with Gasteiger partial charge in [0.2, 0.25) is 0 Å². The first-order valence-corrected chi connectivity index (χ1v) is 9.01. The van der Waals surface area contributed by atoms with Crippen molar-refractivity contribution in [3.8, 4) is 0 Å². The van der Waals surface area contributed by atoms with Crippen LogP contribution in [-0.4, -0.2) is 6.54 Å². The molecule has 0 aliphatic rings. The van der Waals surface area contributed by atoms with E-state index in [4.69, 9.17) is 0 Å². The number of nitrogens with one attached hydrogen (secondary N) is 1. The topological polar surface area (TPSA) is 12.0 Å². The molecule has 0 bridgehead atoms. The lowest BCUT2D eigenvalue weighted by Gasteiger charge is -2.31. The first-order chi connectivity index (χ1) is 9.93. The summed E-state index contributed by atoms with van der Waals surface area (Å²) in [6.07, 6.45) is 2.38. The maximum atomic E-state index is 3.78. The van der Waals surface area contributed by atoms with Gasteiger partial charge in [0.15, 0.2) is 0 Å². The average molecular weight is 304 g/mol. The van der Waals surface area contributed by atoms with Crippen molar-refractivity contribution in [3.63, 3.8) is 0 Å². The summed E-state index contributed by atoms with van der Waals surface area (Å²) >= 11 is 1.87. The highest BCUT2D eigenvalue weighted by atomic mass is 32.1. The minimum absolute atomic E-state index is 0.357. The first-order valence-electron chi connectivity index (χ1n) is 8.13. The first kappa shape index (κ1) is 16.5. The van der Waals surface area contributed by atoms with Crippen molar-refractivity contribution in [3.05, 3.63) is 35.2 Å². The zero-order valence-electron chi connectivity index (χ0n) is 14.1. The van der Waals surface area contributed by atoms with E-state index in [-0.39, 0.29) is 0 Å². The molecule has 21 heavy (non-hydrogen) atoms. The second-order valence-corrected chi connectivity index (χ2v) is 8.11. The summed E-state index contributed by atoms with van der Waals surface area (Å²) in [6, 6.07) is 9.42. The van der Waals surface area contributed by atoms with Crippen molar-refractivity contribution in [1.29, 1.82) is 0 Å². The maximum Gasteiger partial charge on any atom is 0.0390 e. The van der Waals surface area contributed by atoms with Gasteiger partial charge in [-0.15, -0.1) is 11.3 Å². The molecule has 2 unspecified atom stereocenters. The number of rotatable bonds is 6. The summed E-state index contributed by atoms with van der Waals surface area (Å²) in [5, 5.41) is 7.36. The summed E-state index contributed by atoms with van der Waals surface area (Å²) < 4.78 is 1.45. The monoisotopic (exact) mass is 303 g/mol. The molecule has 0 spiro atoms. The molecule has 2 aromatic rings. The van der Waals surface area contributed by atoms with Gasteiger partial charge in [-0.05, 0) is 53.1 Å². The summed E-state index contributed by atoms with van der Waals surface area (Å²) in [5.41, 5.74) is 1.84. The SMILES string of the molecule is CCCNC(CC(C)C(C)(C)C)c1cccc2ccsc12. The van der Waals surface area contributed by atoms with Crippen molar-refractivity contribution in [2.24, 2.45) is 11.3 Å². The summed E-state index contributed by atoms with van der Waals surface area (Å²) in [5.74, 6) is 0.682. The molecule has 116 valence electrons. The molecule has 1 heterocycles. The third-order valence-corrected chi connectivity index (χ3v) is 5.57. The van der Waals surface area contributed by atoms with Crippen LogP contribution in [0.4, 0.5) is 0 Å². The van der Waals surface area contributed by atoms with E-state index >= 15 is 0 Å². The lowest BCUT2D eigenvalue weighted by Crippen LogP contribution is -2.28. The van der Waals surface area contributed by atoms with Crippen molar-refractivity contribution >= 4 is 21.4 Å². The minimum atomic E-state index is 0.357. The van der Waals surface area contributed by atoms with Gasteiger partial charge in [-0.1, -0.05) is 52.8 Å². The Bertz CT molecular complexity index is 564. The molecule has 1 nitrogen and oxygen atoms in total. The van der Waals surface area contributed by atoms with Gasteiger partial charge in [0.05, 0.1) is 0 Å². The van der Waals surface area contributed by atoms with E-state index < -0.39 is 0 Å². The highest BCUT2D eigenvalue weighted by Gasteiger charge is 2.25. The predicted molar refractivity (Wildman–Crippen MR) is 96.1 cm³/mol. The van der Waals surface area contributed by atoms with Gasteiger partial charge in [0.25, 0.3) is 0 Å². The van der Waals surface area contributed by atoms with Crippen LogP contribution >= 0.6 is 11.3 Å². The second kappa shape index (κ2) is 6.93. The summed E-state index contributed by atoms with van der Waals surface area (Å²) in [6.45, 7) is 12.8. The Morgan fingerprint density at radius 2 is 1.95 bits per heavy atom. The van der Waals surface area contributed by atoms with Crippen LogP contribution in [0.2, 0.25) is 0 Å². The number of fused-ring (bicyclic) bond motifs is 1. The Balaban J connectivity index is 2.29. The third-order valence-electron chi connectivity index (χ3n) is 4.59. The van der Waals surface area contributed by atoms with Crippen LogP contribution in [0.15, 0.2) is 29.6 Å². The number of thiophene rings is 1. The Kier molecular flexibility index (Phi) is 5.45. The fourth-order valence-electron chi connectivity index (χ4n) is 2.64. The smallest absolute Gasteiger partial charge is 0.0390 e. The van der Waals surface area contributed by atoms with Gasteiger partial charge >= 0.3 is 0 Å². The molecule has 0 radical (unpaired) electrons. The normalized spacial score (nSPS) is 15.3. The van der Waals surface area contributed by atoms with Crippen LogP contribution in [0.25, 0.3) is 10.1 Å². The van der Waals surface area contributed by atoms with Crippen molar-refractivity contribution in [2.75, 3.05) is 6.54 Å². The molecule has 2 heteroatoms. The van der Waals surface area contributed by atoms with E-state index in [0.29, 0.717) is 17.4 Å². The maximum absolute atomic E-state index is 3.78. The molecular formula is C19H29NS. The van der Waals surface area contributed by atoms with Crippen molar-refractivity contribution in [2.45, 2.75) is 53.5 Å². The molecule has 1 aromatic carbocycles. The zero-order valence-corrected chi connectivity index (χ0v) is 14.9. The van der Waals surface area contributed by atoms with Crippen LogP contribution in [0, 0.1) is 11.3 Å². The standard InChI is InChI=1S/C19H29NS/c1-6-11-20-17(13-14(2)19(3,4)5)16-9-7-8-15-10-12-21-18(15)16/h7-10,12,14,17,20H,6,11,13H2,1-5H3. The third kappa shape index (κ3) is 4.08.